The van der Waals surface area contributed by atoms with Crippen LogP contribution in [0.3, 0.4) is 0 Å². The molecule has 4 fully saturated rings. The van der Waals surface area contributed by atoms with Gasteiger partial charge in [-0.1, -0.05) is 0 Å². The third-order valence-electron chi connectivity index (χ3n) is 3.76. The molecule has 12 heavy (non-hydrogen) atoms. The van der Waals surface area contributed by atoms with Crippen molar-refractivity contribution in [2.75, 3.05) is 26.2 Å². The van der Waals surface area contributed by atoms with Crippen molar-refractivity contribution >= 4 is 0 Å². The van der Waals surface area contributed by atoms with Crippen LogP contribution >= 0.6 is 0 Å². The maximum Gasteiger partial charge on any atom is -0.00172 e. The molecule has 4 atom stereocenters. The van der Waals surface area contributed by atoms with Gasteiger partial charge in [-0.2, -0.15) is 0 Å². The quantitative estimate of drug-likeness (QED) is 0.546. The number of hydrogen-bond acceptors (Lipinski definition) is 2. The van der Waals surface area contributed by atoms with Crippen LogP contribution in [0.4, 0.5) is 0 Å². The van der Waals surface area contributed by atoms with Crippen molar-refractivity contribution in [2.24, 2.45) is 23.7 Å². The fraction of sp³-hybridized carbons (Fsp3) is 1.00. The second-order valence-electron chi connectivity index (χ2n) is 4.83. The highest BCUT2D eigenvalue weighted by atomic mass is 15.0. The Balaban J connectivity index is 0.0000000817. The third-order valence-corrected chi connectivity index (χ3v) is 3.76. The highest BCUT2D eigenvalue weighted by Crippen LogP contribution is 2.41. The van der Waals surface area contributed by atoms with Gasteiger partial charge in [0.25, 0.3) is 0 Å². The zero-order valence-electron chi connectivity index (χ0n) is 7.55. The third kappa shape index (κ3) is 1.38. The molecule has 4 aliphatic rings. The Bertz CT molecular complexity index is 145. The van der Waals surface area contributed by atoms with E-state index < -0.39 is 0 Å². The first kappa shape index (κ1) is 7.34. The molecule has 2 nitrogen and oxygen atoms in total. The van der Waals surface area contributed by atoms with Crippen LogP contribution in [-0.4, -0.2) is 26.2 Å². The van der Waals surface area contributed by atoms with Crippen LogP contribution in [0.15, 0.2) is 0 Å². The van der Waals surface area contributed by atoms with Crippen LogP contribution < -0.4 is 10.6 Å². The normalized spacial score (nSPS) is 52.0. The van der Waals surface area contributed by atoms with Gasteiger partial charge in [-0.05, 0) is 62.7 Å². The number of rotatable bonds is 0. The zero-order valence-corrected chi connectivity index (χ0v) is 7.55. The van der Waals surface area contributed by atoms with E-state index in [1.54, 1.807) is 0 Å². The van der Waals surface area contributed by atoms with Crippen molar-refractivity contribution in [3.05, 3.63) is 0 Å². The van der Waals surface area contributed by atoms with Crippen LogP contribution in [0.1, 0.15) is 12.8 Å². The first-order valence-corrected chi connectivity index (χ1v) is 5.35. The summed E-state index contributed by atoms with van der Waals surface area (Å²) < 4.78 is 0. The van der Waals surface area contributed by atoms with E-state index in [0.717, 1.165) is 23.7 Å². The van der Waals surface area contributed by atoms with Crippen LogP contribution in [0.2, 0.25) is 0 Å². The maximum absolute atomic E-state index is 3.32. The Morgan fingerprint density at radius 2 is 0.917 bits per heavy atom. The van der Waals surface area contributed by atoms with Crippen molar-refractivity contribution in [1.82, 2.24) is 10.6 Å². The molecule has 4 unspecified atom stereocenters. The topological polar surface area (TPSA) is 24.1 Å². The summed E-state index contributed by atoms with van der Waals surface area (Å²) in [6.07, 6.45) is 3.04. The van der Waals surface area contributed by atoms with Gasteiger partial charge in [0.15, 0.2) is 0 Å². The summed E-state index contributed by atoms with van der Waals surface area (Å²) in [6.45, 7) is 5.24. The molecular weight excluding hydrogens is 148 g/mol. The highest BCUT2D eigenvalue weighted by molar-refractivity contribution is 4.95. The summed E-state index contributed by atoms with van der Waals surface area (Å²) in [7, 11) is 0. The van der Waals surface area contributed by atoms with E-state index in [1.807, 2.05) is 0 Å². The van der Waals surface area contributed by atoms with Crippen molar-refractivity contribution < 1.29 is 0 Å². The first-order chi connectivity index (χ1) is 5.93. The van der Waals surface area contributed by atoms with E-state index in [-0.39, 0.29) is 0 Å². The molecule has 2 N–H and O–H groups in total. The predicted octanol–water partition coefficient (Wildman–Crippen LogP) is 0.451. The summed E-state index contributed by atoms with van der Waals surface area (Å²) >= 11 is 0. The lowest BCUT2D eigenvalue weighted by atomic mass is 10.4. The molecule has 0 amide bonds. The summed E-state index contributed by atoms with van der Waals surface area (Å²) in [5.74, 6) is 4.41. The molecule has 0 bridgehead atoms. The van der Waals surface area contributed by atoms with E-state index in [0.29, 0.717) is 0 Å². The average Bonchev–Trinajstić information content (AvgIpc) is 2.95. The van der Waals surface area contributed by atoms with Gasteiger partial charge in [0, 0.05) is 0 Å². The monoisotopic (exact) mass is 166 g/mol. The molecule has 0 aromatic rings. The lowest BCUT2D eigenvalue weighted by molar-refractivity contribution is 0.732. The Hall–Kier alpha value is -0.0800. The Kier molecular flexibility index (Phi) is 1.66. The van der Waals surface area contributed by atoms with E-state index in [2.05, 4.69) is 10.6 Å². The van der Waals surface area contributed by atoms with Gasteiger partial charge in [-0.15, -0.1) is 0 Å². The zero-order chi connectivity index (χ0) is 7.97. The Morgan fingerprint density at radius 1 is 0.583 bits per heavy atom. The maximum atomic E-state index is 3.32. The standard InChI is InChI=1S/2C5H9N/c2*1-4-2-6-3-5(1)4/h2*4-6H,1-3H2. The number of fused-ring (bicyclic) bond motifs is 2. The lowest BCUT2D eigenvalue weighted by Gasteiger charge is -1.87. The van der Waals surface area contributed by atoms with Gasteiger partial charge >= 0.3 is 0 Å². The second kappa shape index (κ2) is 2.71. The van der Waals surface area contributed by atoms with E-state index >= 15 is 0 Å². The molecule has 68 valence electrons. The molecule has 2 heterocycles. The second-order valence-corrected chi connectivity index (χ2v) is 4.83. The molecule has 0 spiro atoms. The van der Waals surface area contributed by atoms with Gasteiger partial charge < -0.3 is 10.6 Å². The summed E-state index contributed by atoms with van der Waals surface area (Å²) in [6, 6.07) is 0. The molecule has 0 aromatic heterocycles. The molecule has 2 aliphatic heterocycles. The highest BCUT2D eigenvalue weighted by Gasteiger charge is 2.40. The molecule has 0 radical (unpaired) electrons. The molecule has 2 heteroatoms. The van der Waals surface area contributed by atoms with Crippen LogP contribution in [-0.2, 0) is 0 Å². The largest absolute Gasteiger partial charge is 0.316 e. The SMILES string of the molecule is C1NCC2CC12.C1NCC2CC12. The van der Waals surface area contributed by atoms with Gasteiger partial charge in [0.2, 0.25) is 0 Å². The van der Waals surface area contributed by atoms with Gasteiger partial charge in [-0.3, -0.25) is 0 Å². The summed E-state index contributed by atoms with van der Waals surface area (Å²) in [5, 5.41) is 6.64. The van der Waals surface area contributed by atoms with Crippen molar-refractivity contribution in [1.29, 1.82) is 0 Å². The fourth-order valence-corrected chi connectivity index (χ4v) is 2.53. The Morgan fingerprint density at radius 3 is 1.00 bits per heavy atom. The summed E-state index contributed by atoms with van der Waals surface area (Å²) in [4.78, 5) is 0. The van der Waals surface area contributed by atoms with Gasteiger partial charge in [-0.25, -0.2) is 0 Å². The van der Waals surface area contributed by atoms with Gasteiger partial charge in [0.1, 0.15) is 0 Å². The number of nitrogens with one attached hydrogen (secondary N) is 2. The van der Waals surface area contributed by atoms with Crippen LogP contribution in [0, 0.1) is 23.7 Å². The van der Waals surface area contributed by atoms with E-state index in [4.69, 9.17) is 0 Å². The predicted molar refractivity (Wildman–Crippen MR) is 48.9 cm³/mol. The lowest BCUT2D eigenvalue weighted by Crippen LogP contribution is -2.10. The average molecular weight is 166 g/mol. The minimum atomic E-state index is 1.10. The minimum Gasteiger partial charge on any atom is -0.316 e. The Labute approximate surface area is 74.1 Å². The number of piperidine rings is 2. The molecule has 2 saturated carbocycles. The van der Waals surface area contributed by atoms with Crippen LogP contribution in [0.25, 0.3) is 0 Å². The molecule has 0 aromatic carbocycles. The molecule has 4 rings (SSSR count). The first-order valence-electron chi connectivity index (χ1n) is 5.35. The fourth-order valence-electron chi connectivity index (χ4n) is 2.53. The number of hydrogen-bond donors (Lipinski definition) is 2. The minimum absolute atomic E-state index is 1.10. The molecule has 2 saturated heterocycles. The molecular formula is C10H18N2. The molecule has 2 aliphatic carbocycles. The van der Waals surface area contributed by atoms with Crippen molar-refractivity contribution in [2.45, 2.75) is 12.8 Å². The van der Waals surface area contributed by atoms with E-state index in [1.165, 1.54) is 39.0 Å². The smallest absolute Gasteiger partial charge is 0.00172 e. The van der Waals surface area contributed by atoms with Crippen molar-refractivity contribution in [3.8, 4) is 0 Å². The van der Waals surface area contributed by atoms with Crippen LogP contribution in [0.5, 0.6) is 0 Å². The summed E-state index contributed by atoms with van der Waals surface area (Å²) in [5.41, 5.74) is 0. The van der Waals surface area contributed by atoms with Crippen molar-refractivity contribution in [3.63, 3.8) is 0 Å². The van der Waals surface area contributed by atoms with Gasteiger partial charge in [0.05, 0.1) is 0 Å². The van der Waals surface area contributed by atoms with E-state index in [9.17, 15) is 0 Å².